The third-order valence-electron chi connectivity index (χ3n) is 11.7. The first-order valence-electron chi connectivity index (χ1n) is 17.0. The van der Waals surface area contributed by atoms with Gasteiger partial charge < -0.3 is 20.7 Å². The standard InChI is InChI=1S/C38H32ClF5N6O/c1-3-20-23(40)7-6-21-28(20)22(12-24(45)32(21)41)29-31(39)27-17(2)11-26-25-8-5-19(46-25)15-50(26)36-30(27)34(33(29)42)47-37(48-36)51-16-38-9-4-10-49(38)14-18(13-38)35(43)44/h1,6-7,12,19,25-26,46H,2,4-5,8-11,13-16,45H2/t19-,25+,26-,38+/m1/s1. The fourth-order valence-electron chi connectivity index (χ4n) is 9.34. The quantitative estimate of drug-likeness (QED) is 0.128. The molecule has 0 amide bonds. The van der Waals surface area contributed by atoms with Crippen molar-refractivity contribution in [2.45, 2.75) is 62.2 Å². The lowest BCUT2D eigenvalue weighted by Gasteiger charge is -2.41. The number of hydrogen-bond donors (Lipinski definition) is 2. The minimum Gasteiger partial charge on any atom is -0.461 e. The molecule has 0 aliphatic carbocycles. The molecule has 4 atom stereocenters. The third-order valence-corrected chi connectivity index (χ3v) is 12.0. The van der Waals surface area contributed by atoms with Crippen molar-refractivity contribution in [3.05, 3.63) is 70.0 Å². The number of terminal acetylenes is 1. The maximum Gasteiger partial charge on any atom is 0.319 e. The van der Waals surface area contributed by atoms with Crippen LogP contribution in [0.15, 0.2) is 36.4 Å². The van der Waals surface area contributed by atoms with Crippen LogP contribution in [0.5, 0.6) is 6.01 Å². The second-order valence-electron chi connectivity index (χ2n) is 14.4. The summed E-state index contributed by atoms with van der Waals surface area (Å²) >= 11 is 7.22. The summed E-state index contributed by atoms with van der Waals surface area (Å²) in [6, 6.07) is 3.53. The minimum absolute atomic E-state index is 0.00543. The molecular weight excluding hydrogens is 687 g/mol. The van der Waals surface area contributed by atoms with E-state index in [1.807, 2.05) is 4.90 Å². The number of ether oxygens (including phenoxy) is 1. The van der Waals surface area contributed by atoms with Gasteiger partial charge in [-0.15, -0.1) is 6.42 Å². The fraction of sp³-hybridized carbons (Fsp3) is 0.368. The molecule has 4 saturated heterocycles. The van der Waals surface area contributed by atoms with E-state index < -0.39 is 29.1 Å². The van der Waals surface area contributed by atoms with E-state index in [9.17, 15) is 8.78 Å². The first-order valence-corrected chi connectivity index (χ1v) is 17.4. The van der Waals surface area contributed by atoms with Gasteiger partial charge >= 0.3 is 6.01 Å². The Labute approximate surface area is 295 Å². The number of nitrogens with one attached hydrogen (secondary N) is 1. The van der Waals surface area contributed by atoms with Gasteiger partial charge in [-0.1, -0.05) is 24.1 Å². The molecule has 6 heterocycles. The Bertz CT molecular complexity index is 2300. The molecule has 262 valence electrons. The maximum absolute atomic E-state index is 17.5. The number of aromatic nitrogens is 2. The van der Waals surface area contributed by atoms with E-state index in [0.717, 1.165) is 25.3 Å². The first kappa shape index (κ1) is 32.5. The van der Waals surface area contributed by atoms with E-state index in [2.05, 4.69) is 27.7 Å². The molecule has 5 aliphatic heterocycles. The van der Waals surface area contributed by atoms with Crippen LogP contribution in [-0.4, -0.2) is 64.8 Å². The van der Waals surface area contributed by atoms with Crippen LogP contribution < -0.4 is 20.7 Å². The second-order valence-corrected chi connectivity index (χ2v) is 14.8. The molecule has 5 aliphatic rings. The molecule has 1 aromatic heterocycles. The molecule has 3 N–H and O–H groups in total. The van der Waals surface area contributed by atoms with Crippen LogP contribution in [-0.2, 0) is 0 Å². The number of benzene rings is 3. The number of anilines is 2. The van der Waals surface area contributed by atoms with Crippen LogP contribution in [0, 0.1) is 29.8 Å². The number of halogens is 6. The van der Waals surface area contributed by atoms with Gasteiger partial charge in [0, 0.05) is 58.7 Å². The van der Waals surface area contributed by atoms with Gasteiger partial charge in [0.2, 0.25) is 0 Å². The van der Waals surface area contributed by atoms with E-state index in [0.29, 0.717) is 48.3 Å². The van der Waals surface area contributed by atoms with Crippen LogP contribution in [0.3, 0.4) is 0 Å². The van der Waals surface area contributed by atoms with E-state index >= 15 is 13.2 Å². The van der Waals surface area contributed by atoms with Crippen molar-refractivity contribution in [3.8, 4) is 29.5 Å². The Morgan fingerprint density at radius 1 is 1.16 bits per heavy atom. The lowest BCUT2D eigenvalue weighted by atomic mass is 9.88. The van der Waals surface area contributed by atoms with Crippen LogP contribution in [0.25, 0.3) is 38.4 Å². The molecule has 9 rings (SSSR count). The monoisotopic (exact) mass is 718 g/mol. The predicted octanol–water partition coefficient (Wildman–Crippen LogP) is 7.58. The average molecular weight is 719 g/mol. The zero-order chi connectivity index (χ0) is 35.5. The van der Waals surface area contributed by atoms with Gasteiger partial charge in [0.1, 0.15) is 23.8 Å². The number of fused-ring (bicyclic) bond motifs is 7. The number of nitrogen functional groups attached to an aromatic ring is 1. The van der Waals surface area contributed by atoms with E-state index in [1.165, 1.54) is 12.1 Å². The zero-order valence-corrected chi connectivity index (χ0v) is 28.1. The van der Waals surface area contributed by atoms with Crippen molar-refractivity contribution in [1.29, 1.82) is 0 Å². The molecule has 51 heavy (non-hydrogen) atoms. The summed E-state index contributed by atoms with van der Waals surface area (Å²) in [4.78, 5) is 13.7. The number of piperazine rings is 1. The Balaban J connectivity index is 1.29. The van der Waals surface area contributed by atoms with Crippen molar-refractivity contribution in [2.24, 2.45) is 0 Å². The van der Waals surface area contributed by atoms with Gasteiger partial charge in [-0.25, -0.2) is 13.2 Å². The third kappa shape index (κ3) is 4.70. The summed E-state index contributed by atoms with van der Waals surface area (Å²) in [6.45, 7) is 5.85. The summed E-state index contributed by atoms with van der Waals surface area (Å²) in [6.07, 6.45) is 8.06. The van der Waals surface area contributed by atoms with Gasteiger partial charge in [-0.05, 0) is 74.4 Å². The molecule has 4 aromatic rings. The molecule has 0 saturated carbocycles. The highest BCUT2D eigenvalue weighted by Crippen LogP contribution is 2.51. The average Bonchev–Trinajstić information content (AvgIpc) is 3.77. The topological polar surface area (TPSA) is 79.5 Å². The van der Waals surface area contributed by atoms with Crippen molar-refractivity contribution in [1.82, 2.24) is 20.2 Å². The normalized spacial score (nSPS) is 25.4. The minimum atomic E-state index is -1.67. The van der Waals surface area contributed by atoms with Crippen molar-refractivity contribution >= 4 is 50.4 Å². The van der Waals surface area contributed by atoms with Crippen LogP contribution in [0.4, 0.5) is 33.5 Å². The number of rotatable bonds is 4. The summed E-state index contributed by atoms with van der Waals surface area (Å²) < 4.78 is 81.8. The molecule has 4 fully saturated rings. The summed E-state index contributed by atoms with van der Waals surface area (Å²) in [5.41, 5.74) is 5.65. The molecule has 3 aromatic carbocycles. The van der Waals surface area contributed by atoms with Gasteiger partial charge in [0.15, 0.2) is 11.6 Å². The Morgan fingerprint density at radius 2 is 1.98 bits per heavy atom. The van der Waals surface area contributed by atoms with Gasteiger partial charge in [-0.3, -0.25) is 4.90 Å². The fourth-order valence-corrected chi connectivity index (χ4v) is 9.75. The van der Waals surface area contributed by atoms with E-state index in [1.54, 1.807) is 0 Å². The number of nitrogens with zero attached hydrogens (tertiary/aromatic N) is 4. The highest BCUT2D eigenvalue weighted by molar-refractivity contribution is 6.37. The number of nitrogens with two attached hydrogens (primary N) is 1. The molecule has 2 bridgehead atoms. The van der Waals surface area contributed by atoms with Gasteiger partial charge in [0.05, 0.1) is 27.2 Å². The van der Waals surface area contributed by atoms with Crippen molar-refractivity contribution in [3.63, 3.8) is 0 Å². The zero-order valence-electron chi connectivity index (χ0n) is 27.4. The van der Waals surface area contributed by atoms with Gasteiger partial charge in [-0.2, -0.15) is 18.7 Å². The number of hydrogen-bond acceptors (Lipinski definition) is 7. The lowest BCUT2D eigenvalue weighted by Crippen LogP contribution is -2.58. The Kier molecular flexibility index (Phi) is 7.34. The summed E-state index contributed by atoms with van der Waals surface area (Å²) in [5, 5.41) is 3.83. The van der Waals surface area contributed by atoms with Crippen LogP contribution in [0.2, 0.25) is 5.02 Å². The van der Waals surface area contributed by atoms with Crippen molar-refractivity contribution in [2.75, 3.05) is 36.9 Å². The molecule has 0 spiro atoms. The molecule has 0 radical (unpaired) electrons. The molecule has 0 unspecified atom stereocenters. The molecular formula is C38H32ClF5N6O. The Morgan fingerprint density at radius 3 is 2.76 bits per heavy atom. The summed E-state index contributed by atoms with van der Waals surface area (Å²) in [7, 11) is 0. The van der Waals surface area contributed by atoms with Gasteiger partial charge in [0.25, 0.3) is 6.08 Å². The lowest BCUT2D eigenvalue weighted by molar-refractivity contribution is 0.108. The Hall–Kier alpha value is -4.44. The predicted molar refractivity (Wildman–Crippen MR) is 187 cm³/mol. The summed E-state index contributed by atoms with van der Waals surface area (Å²) in [5.74, 6) is 0.205. The largest absolute Gasteiger partial charge is 0.461 e. The highest BCUT2D eigenvalue weighted by atomic mass is 35.5. The smallest absolute Gasteiger partial charge is 0.319 e. The highest BCUT2D eigenvalue weighted by Gasteiger charge is 2.49. The van der Waals surface area contributed by atoms with E-state index in [4.69, 9.17) is 33.5 Å². The SMILES string of the molecule is C#Cc1c(F)ccc2c(F)c(N)cc(-c3c(Cl)c4c5c(nc(OC[C@@]67CCCN6CC(=C(F)F)C7)nc5c3F)N3C[C@H]5CC[C@H](N5)[C@H]3CC4=C)c12. The maximum atomic E-state index is 17.5. The second kappa shape index (κ2) is 11.5. The molecule has 13 heteroatoms. The van der Waals surface area contributed by atoms with Crippen LogP contribution in [0.1, 0.15) is 49.7 Å². The first-order chi connectivity index (χ1) is 24.5. The van der Waals surface area contributed by atoms with E-state index in [-0.39, 0.29) is 93.0 Å². The van der Waals surface area contributed by atoms with Crippen LogP contribution >= 0.6 is 11.6 Å². The molecule has 7 nitrogen and oxygen atoms in total. The van der Waals surface area contributed by atoms with Crippen molar-refractivity contribution < 1.29 is 26.7 Å².